The van der Waals surface area contributed by atoms with Crippen LogP contribution in [0.2, 0.25) is 0 Å². The number of allylic oxidation sites excluding steroid dienone is 2. The predicted octanol–water partition coefficient (Wildman–Crippen LogP) is 10.9. The van der Waals surface area contributed by atoms with E-state index in [2.05, 4.69) is 25.3 Å². The van der Waals surface area contributed by atoms with Gasteiger partial charge in [-0.2, -0.15) is 0 Å². The molecule has 0 N–H and O–H groups in total. The molecule has 37 heavy (non-hydrogen) atoms. The molecule has 0 bridgehead atoms. The SMILES string of the molecule is C=CCC[C@H]1CC[C@H]([C@H]2CC[C@H](CCOCC[C@H]3CC[C@H]([C@H]4CC[C@H](CCC=C)CC4)CC3)CC2)CC1. The molecule has 4 saturated carbocycles. The molecule has 0 heterocycles. The van der Waals surface area contributed by atoms with Crippen LogP contribution in [0.3, 0.4) is 0 Å². The smallest absolute Gasteiger partial charge is 0.0468 e. The Morgan fingerprint density at radius 3 is 0.946 bits per heavy atom. The van der Waals surface area contributed by atoms with E-state index in [0.29, 0.717) is 0 Å². The minimum absolute atomic E-state index is 0.947. The number of rotatable bonds is 14. The molecule has 4 aliphatic carbocycles. The molecule has 0 amide bonds. The van der Waals surface area contributed by atoms with E-state index >= 15 is 0 Å². The van der Waals surface area contributed by atoms with E-state index in [4.69, 9.17) is 4.74 Å². The van der Waals surface area contributed by atoms with Crippen molar-refractivity contribution in [2.45, 2.75) is 141 Å². The maximum atomic E-state index is 6.20. The minimum atomic E-state index is 0.947. The van der Waals surface area contributed by atoms with Gasteiger partial charge in [0.25, 0.3) is 0 Å². The van der Waals surface area contributed by atoms with E-state index in [0.717, 1.165) is 60.6 Å². The van der Waals surface area contributed by atoms with Crippen LogP contribution < -0.4 is 0 Å². The zero-order chi connectivity index (χ0) is 25.7. The molecule has 1 nitrogen and oxygen atoms in total. The van der Waals surface area contributed by atoms with Gasteiger partial charge in [-0.15, -0.1) is 13.2 Å². The van der Waals surface area contributed by atoms with Crippen molar-refractivity contribution in [3.05, 3.63) is 25.3 Å². The van der Waals surface area contributed by atoms with Gasteiger partial charge in [0.2, 0.25) is 0 Å². The number of hydrogen-bond acceptors (Lipinski definition) is 1. The van der Waals surface area contributed by atoms with Crippen molar-refractivity contribution in [1.29, 1.82) is 0 Å². The molecule has 0 spiro atoms. The first-order chi connectivity index (χ1) is 18.2. The summed E-state index contributed by atoms with van der Waals surface area (Å²) in [7, 11) is 0. The monoisotopic (exact) mass is 510 g/mol. The molecule has 0 unspecified atom stereocenters. The lowest BCUT2D eigenvalue weighted by Crippen LogP contribution is -2.26. The highest BCUT2D eigenvalue weighted by Crippen LogP contribution is 2.44. The fourth-order valence-corrected chi connectivity index (χ4v) is 9.10. The second-order valence-electron chi connectivity index (χ2n) is 14.0. The Hall–Kier alpha value is -0.560. The Labute approximate surface area is 231 Å². The molecule has 0 aliphatic heterocycles. The van der Waals surface area contributed by atoms with Crippen molar-refractivity contribution in [2.24, 2.45) is 47.3 Å². The van der Waals surface area contributed by atoms with Gasteiger partial charge in [-0.25, -0.2) is 0 Å². The lowest BCUT2D eigenvalue weighted by atomic mass is 9.68. The molecular formula is C36H62O. The van der Waals surface area contributed by atoms with Crippen molar-refractivity contribution in [2.75, 3.05) is 13.2 Å². The Bertz CT molecular complexity index is 553. The van der Waals surface area contributed by atoms with Crippen LogP contribution in [0.25, 0.3) is 0 Å². The fraction of sp³-hybridized carbons (Fsp3) is 0.889. The van der Waals surface area contributed by atoms with Gasteiger partial charge < -0.3 is 4.74 Å². The first kappa shape index (κ1) is 29.4. The molecule has 212 valence electrons. The third-order valence-electron chi connectivity index (χ3n) is 11.8. The van der Waals surface area contributed by atoms with Gasteiger partial charge in [-0.3, -0.25) is 0 Å². The van der Waals surface area contributed by atoms with E-state index in [-0.39, 0.29) is 0 Å². The second kappa shape index (κ2) is 16.5. The number of hydrogen-bond donors (Lipinski definition) is 0. The van der Waals surface area contributed by atoms with Crippen LogP contribution in [-0.2, 0) is 4.74 Å². The van der Waals surface area contributed by atoms with Crippen molar-refractivity contribution in [3.63, 3.8) is 0 Å². The van der Waals surface area contributed by atoms with Crippen molar-refractivity contribution in [1.82, 2.24) is 0 Å². The largest absolute Gasteiger partial charge is 0.381 e. The summed E-state index contributed by atoms with van der Waals surface area (Å²) in [6.07, 6.45) is 36.0. The second-order valence-corrected chi connectivity index (χ2v) is 14.0. The molecule has 4 rings (SSSR count). The maximum absolute atomic E-state index is 6.20. The maximum Gasteiger partial charge on any atom is 0.0468 e. The average molecular weight is 511 g/mol. The van der Waals surface area contributed by atoms with Crippen LogP contribution in [0, 0.1) is 47.3 Å². The van der Waals surface area contributed by atoms with Gasteiger partial charge in [0.05, 0.1) is 0 Å². The van der Waals surface area contributed by atoms with Gasteiger partial charge >= 0.3 is 0 Å². The summed E-state index contributed by atoms with van der Waals surface area (Å²) in [5.74, 6) is 8.06. The van der Waals surface area contributed by atoms with Crippen LogP contribution in [-0.4, -0.2) is 13.2 Å². The van der Waals surface area contributed by atoms with Gasteiger partial charge in [0.1, 0.15) is 0 Å². The molecule has 0 radical (unpaired) electrons. The highest BCUT2D eigenvalue weighted by molar-refractivity contribution is 4.84. The molecule has 0 atom stereocenters. The van der Waals surface area contributed by atoms with E-state index in [1.807, 2.05) is 0 Å². The standard InChI is InChI=1S/C36H62O/c1-3-5-7-29-9-17-33(18-10-29)35-21-13-31(14-22-35)25-27-37-28-26-32-15-23-36(24-16-32)34-19-11-30(12-20-34)8-6-4-2/h3-4,29-36H,1-2,5-28H2/t29-,30-,31-,32-,33-,34-,35-,36-. The Kier molecular flexibility index (Phi) is 13.1. The van der Waals surface area contributed by atoms with E-state index < -0.39 is 0 Å². The molecule has 4 fully saturated rings. The zero-order valence-corrected chi connectivity index (χ0v) is 24.6. The topological polar surface area (TPSA) is 9.23 Å². The minimum Gasteiger partial charge on any atom is -0.381 e. The molecule has 4 aliphatic rings. The summed E-state index contributed by atoms with van der Waals surface area (Å²) in [4.78, 5) is 0. The van der Waals surface area contributed by atoms with E-state index in [1.165, 1.54) is 141 Å². The zero-order valence-electron chi connectivity index (χ0n) is 24.6. The molecule has 0 saturated heterocycles. The van der Waals surface area contributed by atoms with Crippen molar-refractivity contribution < 1.29 is 4.74 Å². The van der Waals surface area contributed by atoms with Crippen LogP contribution in [0.15, 0.2) is 25.3 Å². The summed E-state index contributed by atoms with van der Waals surface area (Å²) >= 11 is 0. The van der Waals surface area contributed by atoms with Gasteiger partial charge in [-0.1, -0.05) is 63.5 Å². The van der Waals surface area contributed by atoms with E-state index in [1.54, 1.807) is 0 Å². The third kappa shape index (κ3) is 9.85. The van der Waals surface area contributed by atoms with Crippen LogP contribution >= 0.6 is 0 Å². The van der Waals surface area contributed by atoms with Gasteiger partial charge in [-0.05, 0) is 137 Å². The lowest BCUT2D eigenvalue weighted by molar-refractivity contribution is 0.0790. The quantitative estimate of drug-likeness (QED) is 0.167. The van der Waals surface area contributed by atoms with Gasteiger partial charge in [0, 0.05) is 13.2 Å². The molecule has 0 aromatic heterocycles. The van der Waals surface area contributed by atoms with Gasteiger partial charge in [0.15, 0.2) is 0 Å². The number of ether oxygens (including phenoxy) is 1. The molecule has 0 aromatic rings. The fourth-order valence-electron chi connectivity index (χ4n) is 9.10. The highest BCUT2D eigenvalue weighted by atomic mass is 16.5. The first-order valence-corrected chi connectivity index (χ1v) is 17.0. The Morgan fingerprint density at radius 1 is 0.405 bits per heavy atom. The summed E-state index contributed by atoms with van der Waals surface area (Å²) in [5.41, 5.74) is 0. The molecular weight excluding hydrogens is 448 g/mol. The average Bonchev–Trinajstić information content (AvgIpc) is 2.96. The third-order valence-corrected chi connectivity index (χ3v) is 11.8. The predicted molar refractivity (Wildman–Crippen MR) is 161 cm³/mol. The summed E-state index contributed by atoms with van der Waals surface area (Å²) in [5, 5.41) is 0. The summed E-state index contributed by atoms with van der Waals surface area (Å²) in [6, 6.07) is 0. The summed E-state index contributed by atoms with van der Waals surface area (Å²) < 4.78 is 6.20. The molecule has 1 heteroatoms. The highest BCUT2D eigenvalue weighted by Gasteiger charge is 2.32. The van der Waals surface area contributed by atoms with Crippen LogP contribution in [0.5, 0.6) is 0 Å². The summed E-state index contributed by atoms with van der Waals surface area (Å²) in [6.45, 7) is 9.86. The van der Waals surface area contributed by atoms with Crippen LogP contribution in [0.1, 0.15) is 141 Å². The van der Waals surface area contributed by atoms with Crippen molar-refractivity contribution in [3.8, 4) is 0 Å². The first-order valence-electron chi connectivity index (χ1n) is 17.0. The van der Waals surface area contributed by atoms with Crippen molar-refractivity contribution >= 4 is 0 Å². The molecule has 0 aromatic carbocycles. The Morgan fingerprint density at radius 2 is 0.676 bits per heavy atom. The lowest BCUT2D eigenvalue weighted by Gasteiger charge is -2.38. The van der Waals surface area contributed by atoms with E-state index in [9.17, 15) is 0 Å². The van der Waals surface area contributed by atoms with Crippen LogP contribution in [0.4, 0.5) is 0 Å². The Balaban J connectivity index is 0.984. The normalized spacial score (nSPS) is 37.2.